The summed E-state index contributed by atoms with van der Waals surface area (Å²) in [6.07, 6.45) is 7.97. The SMILES string of the molecule is Cn1cc(CCN2CCC(OCCBr)CC2)cn1. The highest BCUT2D eigenvalue weighted by Crippen LogP contribution is 2.14. The average Bonchev–Trinajstić information content (AvgIpc) is 2.81. The molecule has 1 aromatic heterocycles. The normalized spacial score (nSPS) is 18.3. The zero-order chi connectivity index (χ0) is 12.8. The number of aromatic nitrogens is 2. The van der Waals surface area contributed by atoms with E-state index in [9.17, 15) is 0 Å². The van der Waals surface area contributed by atoms with Gasteiger partial charge >= 0.3 is 0 Å². The predicted molar refractivity (Wildman–Crippen MR) is 76.1 cm³/mol. The monoisotopic (exact) mass is 315 g/mol. The molecular formula is C13H22BrN3O. The summed E-state index contributed by atoms with van der Waals surface area (Å²) < 4.78 is 7.63. The molecule has 102 valence electrons. The molecule has 0 aromatic carbocycles. The van der Waals surface area contributed by atoms with E-state index < -0.39 is 0 Å². The fourth-order valence-corrected chi connectivity index (χ4v) is 2.59. The standard InChI is InChI=1S/C13H22BrN3O/c1-16-11-12(10-15-16)2-6-17-7-3-13(4-8-17)18-9-5-14/h10-11,13H,2-9H2,1H3. The molecule has 1 aliphatic heterocycles. The minimum absolute atomic E-state index is 0.470. The van der Waals surface area contributed by atoms with Crippen LogP contribution in [0, 0.1) is 0 Å². The fourth-order valence-electron chi connectivity index (χ4n) is 2.40. The summed E-state index contributed by atoms with van der Waals surface area (Å²) in [6.45, 7) is 4.29. The first-order chi connectivity index (χ1) is 8.78. The van der Waals surface area contributed by atoms with E-state index in [2.05, 4.69) is 32.1 Å². The number of aryl methyl sites for hydroxylation is 1. The number of rotatable bonds is 6. The molecule has 0 bridgehead atoms. The van der Waals surface area contributed by atoms with Crippen molar-refractivity contribution >= 4 is 15.9 Å². The van der Waals surface area contributed by atoms with Gasteiger partial charge < -0.3 is 9.64 Å². The number of nitrogens with zero attached hydrogens (tertiary/aromatic N) is 3. The van der Waals surface area contributed by atoms with E-state index in [-0.39, 0.29) is 0 Å². The number of piperidine rings is 1. The van der Waals surface area contributed by atoms with Gasteiger partial charge in [-0.15, -0.1) is 0 Å². The molecule has 4 nitrogen and oxygen atoms in total. The third kappa shape index (κ3) is 4.37. The first-order valence-electron chi connectivity index (χ1n) is 6.65. The number of hydrogen-bond acceptors (Lipinski definition) is 3. The Hall–Kier alpha value is -0.390. The summed E-state index contributed by atoms with van der Waals surface area (Å²) in [5.74, 6) is 0. The number of halogens is 1. The Morgan fingerprint density at radius 2 is 2.22 bits per heavy atom. The molecule has 18 heavy (non-hydrogen) atoms. The summed E-state index contributed by atoms with van der Waals surface area (Å²) >= 11 is 3.40. The van der Waals surface area contributed by atoms with Crippen LogP contribution in [0.5, 0.6) is 0 Å². The van der Waals surface area contributed by atoms with Crippen molar-refractivity contribution in [3.05, 3.63) is 18.0 Å². The Balaban J connectivity index is 1.64. The molecule has 0 radical (unpaired) electrons. The molecule has 0 amide bonds. The first-order valence-corrected chi connectivity index (χ1v) is 7.77. The van der Waals surface area contributed by atoms with Gasteiger partial charge in [-0.3, -0.25) is 4.68 Å². The lowest BCUT2D eigenvalue weighted by Crippen LogP contribution is -2.38. The number of likely N-dealkylation sites (tertiary alicyclic amines) is 1. The average molecular weight is 316 g/mol. The summed E-state index contributed by atoms with van der Waals surface area (Å²) in [4.78, 5) is 2.53. The van der Waals surface area contributed by atoms with Crippen LogP contribution in [0.1, 0.15) is 18.4 Å². The molecule has 1 fully saturated rings. The van der Waals surface area contributed by atoms with E-state index >= 15 is 0 Å². The quantitative estimate of drug-likeness (QED) is 0.750. The van der Waals surface area contributed by atoms with Gasteiger partial charge in [-0.1, -0.05) is 15.9 Å². The molecule has 2 heterocycles. The van der Waals surface area contributed by atoms with E-state index in [1.54, 1.807) is 0 Å². The summed E-state index contributed by atoms with van der Waals surface area (Å²) in [5.41, 5.74) is 1.33. The molecule has 2 rings (SSSR count). The predicted octanol–water partition coefficient (Wildman–Crippen LogP) is 1.84. The second kappa shape index (κ2) is 7.26. The van der Waals surface area contributed by atoms with Gasteiger partial charge in [0.15, 0.2) is 0 Å². The molecule has 0 N–H and O–H groups in total. The third-order valence-electron chi connectivity index (χ3n) is 3.44. The van der Waals surface area contributed by atoms with Crippen LogP contribution in [0.25, 0.3) is 0 Å². The van der Waals surface area contributed by atoms with Crippen molar-refractivity contribution in [1.82, 2.24) is 14.7 Å². The number of alkyl halides is 1. The Kier molecular flexibility index (Phi) is 5.66. The Bertz CT molecular complexity index is 348. The van der Waals surface area contributed by atoms with Crippen molar-refractivity contribution < 1.29 is 4.74 Å². The van der Waals surface area contributed by atoms with E-state index in [1.165, 1.54) is 18.4 Å². The van der Waals surface area contributed by atoms with Crippen molar-refractivity contribution in [3.8, 4) is 0 Å². The van der Waals surface area contributed by atoms with Crippen molar-refractivity contribution in [1.29, 1.82) is 0 Å². The maximum atomic E-state index is 5.76. The second-order valence-corrected chi connectivity index (χ2v) is 5.67. The fraction of sp³-hybridized carbons (Fsp3) is 0.769. The van der Waals surface area contributed by atoms with Crippen molar-refractivity contribution in [2.24, 2.45) is 7.05 Å². The topological polar surface area (TPSA) is 30.3 Å². The minimum Gasteiger partial charge on any atom is -0.377 e. The summed E-state index contributed by atoms with van der Waals surface area (Å²) in [5, 5.41) is 5.14. The van der Waals surface area contributed by atoms with Crippen molar-refractivity contribution in [2.75, 3.05) is 31.6 Å². The van der Waals surface area contributed by atoms with Crippen molar-refractivity contribution in [3.63, 3.8) is 0 Å². The number of ether oxygens (including phenoxy) is 1. The van der Waals surface area contributed by atoms with Gasteiger partial charge in [0.25, 0.3) is 0 Å². The molecule has 1 aliphatic rings. The molecule has 0 aliphatic carbocycles. The van der Waals surface area contributed by atoms with Gasteiger partial charge in [0.2, 0.25) is 0 Å². The summed E-state index contributed by atoms with van der Waals surface area (Å²) in [7, 11) is 1.97. The molecule has 0 spiro atoms. The highest BCUT2D eigenvalue weighted by atomic mass is 79.9. The van der Waals surface area contributed by atoms with Crippen LogP contribution in [0.15, 0.2) is 12.4 Å². The zero-order valence-electron chi connectivity index (χ0n) is 11.0. The van der Waals surface area contributed by atoms with Crippen LogP contribution < -0.4 is 0 Å². The zero-order valence-corrected chi connectivity index (χ0v) is 12.6. The molecule has 0 saturated carbocycles. The van der Waals surface area contributed by atoms with Gasteiger partial charge in [-0.25, -0.2) is 0 Å². The van der Waals surface area contributed by atoms with Crippen molar-refractivity contribution in [2.45, 2.75) is 25.4 Å². The molecule has 1 saturated heterocycles. The van der Waals surface area contributed by atoms with E-state index in [1.807, 2.05) is 17.9 Å². The third-order valence-corrected chi connectivity index (χ3v) is 3.76. The molecule has 0 unspecified atom stereocenters. The van der Waals surface area contributed by atoms with Crippen LogP contribution in [0.2, 0.25) is 0 Å². The van der Waals surface area contributed by atoms with Crippen LogP contribution in [-0.2, 0) is 18.2 Å². The Morgan fingerprint density at radius 1 is 1.44 bits per heavy atom. The Morgan fingerprint density at radius 3 is 2.83 bits per heavy atom. The maximum absolute atomic E-state index is 5.76. The lowest BCUT2D eigenvalue weighted by atomic mass is 10.1. The van der Waals surface area contributed by atoms with Gasteiger partial charge in [0, 0.05) is 38.2 Å². The molecule has 1 aromatic rings. The highest BCUT2D eigenvalue weighted by Gasteiger charge is 2.19. The smallest absolute Gasteiger partial charge is 0.0599 e. The lowest BCUT2D eigenvalue weighted by molar-refractivity contribution is 0.0162. The Labute approximate surface area is 117 Å². The molecule has 0 atom stereocenters. The number of hydrogen-bond donors (Lipinski definition) is 0. The minimum atomic E-state index is 0.470. The van der Waals surface area contributed by atoms with E-state index in [0.29, 0.717) is 6.10 Å². The van der Waals surface area contributed by atoms with Gasteiger partial charge in [0.05, 0.1) is 18.9 Å². The first kappa shape index (κ1) is 14.0. The van der Waals surface area contributed by atoms with E-state index in [0.717, 1.165) is 38.0 Å². The van der Waals surface area contributed by atoms with Gasteiger partial charge in [0.1, 0.15) is 0 Å². The molecule has 5 heteroatoms. The summed E-state index contributed by atoms with van der Waals surface area (Å²) in [6, 6.07) is 0. The van der Waals surface area contributed by atoms with Crippen LogP contribution in [0.3, 0.4) is 0 Å². The van der Waals surface area contributed by atoms with E-state index in [4.69, 9.17) is 4.74 Å². The molecular weight excluding hydrogens is 294 g/mol. The van der Waals surface area contributed by atoms with Crippen LogP contribution in [0.4, 0.5) is 0 Å². The van der Waals surface area contributed by atoms with Gasteiger partial charge in [-0.05, 0) is 24.8 Å². The highest BCUT2D eigenvalue weighted by molar-refractivity contribution is 9.09. The van der Waals surface area contributed by atoms with Crippen LogP contribution >= 0.6 is 15.9 Å². The maximum Gasteiger partial charge on any atom is 0.0599 e. The van der Waals surface area contributed by atoms with Crippen LogP contribution in [-0.4, -0.2) is 52.4 Å². The second-order valence-electron chi connectivity index (χ2n) is 4.87. The largest absolute Gasteiger partial charge is 0.377 e. The van der Waals surface area contributed by atoms with Gasteiger partial charge in [-0.2, -0.15) is 5.10 Å². The lowest BCUT2D eigenvalue weighted by Gasteiger charge is -2.31.